The summed E-state index contributed by atoms with van der Waals surface area (Å²) in [5.41, 5.74) is 4.99. The molecule has 2 aromatic rings. The van der Waals surface area contributed by atoms with Crippen molar-refractivity contribution in [1.82, 2.24) is 0 Å². The van der Waals surface area contributed by atoms with E-state index in [2.05, 4.69) is 27.6 Å². The van der Waals surface area contributed by atoms with E-state index in [4.69, 9.17) is 9.57 Å². The molecule has 2 fully saturated rings. The highest BCUT2D eigenvalue weighted by molar-refractivity contribution is 6.04. The second-order valence-electron chi connectivity index (χ2n) is 9.89. The molecule has 0 aliphatic heterocycles. The third-order valence-corrected chi connectivity index (χ3v) is 8.34. The topological polar surface area (TPSA) is 122 Å². The van der Waals surface area contributed by atoms with Crippen LogP contribution in [-0.2, 0) is 11.4 Å². The van der Waals surface area contributed by atoms with E-state index < -0.39 is 0 Å². The van der Waals surface area contributed by atoms with E-state index in [0.717, 1.165) is 53.8 Å². The Morgan fingerprint density at radius 1 is 1.11 bits per heavy atom. The lowest BCUT2D eigenvalue weighted by Gasteiger charge is -2.48. The first-order valence-corrected chi connectivity index (χ1v) is 11.9. The zero-order valence-corrected chi connectivity index (χ0v) is 19.8. The minimum atomic E-state index is -0.123. The average molecular weight is 477 g/mol. The summed E-state index contributed by atoms with van der Waals surface area (Å²) in [7, 11) is 1.54. The Labute approximate surface area is 203 Å². The fourth-order valence-corrected chi connectivity index (χ4v) is 6.54. The number of rotatable bonds is 6. The first-order chi connectivity index (χ1) is 17.0. The van der Waals surface area contributed by atoms with E-state index in [0.29, 0.717) is 29.7 Å². The van der Waals surface area contributed by atoms with E-state index in [1.165, 1.54) is 0 Å². The molecule has 3 unspecified atom stereocenters. The van der Waals surface area contributed by atoms with Crippen molar-refractivity contribution in [2.45, 2.75) is 51.6 Å². The van der Waals surface area contributed by atoms with Crippen molar-refractivity contribution in [3.8, 4) is 5.75 Å². The Kier molecular flexibility index (Phi) is 6.08. The van der Waals surface area contributed by atoms with Crippen molar-refractivity contribution >= 4 is 22.8 Å². The Bertz CT molecular complexity index is 1210. The summed E-state index contributed by atoms with van der Waals surface area (Å²) in [5.74, 6) is 1.42. The van der Waals surface area contributed by atoms with Gasteiger partial charge in [-0.15, -0.1) is 9.81 Å². The molecule has 5 rings (SSSR count). The third-order valence-electron chi connectivity index (χ3n) is 8.34. The quantitative estimate of drug-likeness (QED) is 0.287. The maximum absolute atomic E-state index is 11.5. The number of benzene rings is 2. The van der Waals surface area contributed by atoms with Crippen molar-refractivity contribution in [3.05, 3.63) is 62.9 Å². The van der Waals surface area contributed by atoms with Gasteiger partial charge in [-0.25, -0.2) is 0 Å². The number of oxime groups is 2. The minimum absolute atomic E-state index is 0.123. The van der Waals surface area contributed by atoms with Gasteiger partial charge in [0.1, 0.15) is 18.0 Å². The number of nitrogens with zero attached hydrogens (tertiary/aromatic N) is 4. The van der Waals surface area contributed by atoms with Crippen LogP contribution in [0.2, 0.25) is 0 Å². The molecule has 0 bridgehead atoms. The molecule has 35 heavy (non-hydrogen) atoms. The van der Waals surface area contributed by atoms with Gasteiger partial charge in [0.25, 0.3) is 0 Å². The second-order valence-corrected chi connectivity index (χ2v) is 9.89. The Morgan fingerprint density at radius 3 is 2.60 bits per heavy atom. The summed E-state index contributed by atoms with van der Waals surface area (Å²) >= 11 is 0. The molecule has 9 heteroatoms. The highest BCUT2D eigenvalue weighted by Crippen LogP contribution is 2.60. The number of hydrogen-bond donors (Lipinski definition) is 1. The summed E-state index contributed by atoms with van der Waals surface area (Å²) in [4.78, 5) is 27.9. The highest BCUT2D eigenvalue weighted by Gasteiger charge is 2.54. The Hall–Kier alpha value is -3.62. The van der Waals surface area contributed by atoms with Gasteiger partial charge in [0.2, 0.25) is 0 Å². The summed E-state index contributed by atoms with van der Waals surface area (Å²) in [5, 5.41) is 23.9. The van der Waals surface area contributed by atoms with Crippen LogP contribution >= 0.6 is 0 Å². The number of hydrogen-bond acceptors (Lipinski definition) is 9. The van der Waals surface area contributed by atoms with E-state index in [9.17, 15) is 15.0 Å². The maximum Gasteiger partial charge on any atom is 0.150 e. The predicted octanol–water partition coefficient (Wildman–Crippen LogP) is 6.56. The molecule has 182 valence electrons. The van der Waals surface area contributed by atoms with Crippen LogP contribution in [0.25, 0.3) is 0 Å². The van der Waals surface area contributed by atoms with Gasteiger partial charge in [-0.2, -0.15) is 0 Å². The van der Waals surface area contributed by atoms with Gasteiger partial charge in [0, 0.05) is 11.0 Å². The average Bonchev–Trinajstić information content (AvgIpc) is 3.24. The minimum Gasteiger partial charge on any atom is -0.494 e. The van der Waals surface area contributed by atoms with Crippen LogP contribution in [0.3, 0.4) is 0 Å². The molecule has 9 nitrogen and oxygen atoms in total. The molecule has 4 atom stereocenters. The second kappa shape index (κ2) is 9.20. The molecule has 0 saturated heterocycles. The van der Waals surface area contributed by atoms with Crippen LogP contribution in [0.5, 0.6) is 5.75 Å². The van der Waals surface area contributed by atoms with Crippen LogP contribution in [0.15, 0.2) is 57.1 Å². The Balaban J connectivity index is 1.50. The van der Waals surface area contributed by atoms with Gasteiger partial charge in [-0.05, 0) is 95.6 Å². The fraction of sp³-hybridized carbons (Fsp3) is 0.462. The van der Waals surface area contributed by atoms with Crippen LogP contribution in [0.1, 0.15) is 61.6 Å². The predicted molar refractivity (Wildman–Crippen MR) is 132 cm³/mol. The molecular formula is C26H28N4O5. The summed E-state index contributed by atoms with van der Waals surface area (Å²) in [6.07, 6.45) is 4.38. The molecular weight excluding hydrogens is 448 g/mol. The van der Waals surface area contributed by atoms with Crippen LogP contribution in [-0.4, -0.2) is 23.7 Å². The lowest BCUT2D eigenvalue weighted by atomic mass is 9.55. The van der Waals surface area contributed by atoms with Crippen LogP contribution in [0, 0.1) is 27.1 Å². The molecule has 0 heterocycles. The molecule has 2 saturated carbocycles. The SMILES string of the molecule is COc1cc2c(cc1N=O)/C(=N/OCc1ccc(N=O)cc1)CC1C2CC[C@]2(C)/C(=N/O)CCC12. The lowest BCUT2D eigenvalue weighted by molar-refractivity contribution is 0.103. The smallest absolute Gasteiger partial charge is 0.150 e. The largest absolute Gasteiger partial charge is 0.494 e. The number of fused-ring (bicyclic) bond motifs is 5. The number of methoxy groups -OCH3 is 1. The summed E-state index contributed by atoms with van der Waals surface area (Å²) in [6.45, 7) is 2.46. The number of ether oxygens (including phenoxy) is 1. The molecule has 0 aromatic heterocycles. The highest BCUT2D eigenvalue weighted by atomic mass is 16.6. The zero-order chi connectivity index (χ0) is 24.6. The lowest BCUT2D eigenvalue weighted by Crippen LogP contribution is -2.43. The summed E-state index contributed by atoms with van der Waals surface area (Å²) in [6, 6.07) is 10.5. The zero-order valence-electron chi connectivity index (χ0n) is 19.8. The van der Waals surface area contributed by atoms with Crippen molar-refractivity contribution in [2.75, 3.05) is 7.11 Å². The first-order valence-electron chi connectivity index (χ1n) is 11.9. The molecule has 3 aliphatic rings. The standard InChI is InChI=1S/C26H28N4O5/c1-26-10-9-17-18-13-24(34-2)23(28-32)12-20(18)22(11-19(17)21(26)7-8-25(26)29-33)30-35-14-15-3-5-16(27-31)6-4-15/h3-6,12-13,17,19,21,33H,7-11,14H2,1-2H3/b29-25+,30-22+/t17?,19?,21?,26-/m0/s1. The molecule has 0 spiro atoms. The van der Waals surface area contributed by atoms with E-state index in [1.54, 1.807) is 37.4 Å². The third kappa shape index (κ3) is 3.88. The van der Waals surface area contributed by atoms with E-state index in [1.807, 2.05) is 6.07 Å². The van der Waals surface area contributed by atoms with Crippen molar-refractivity contribution in [1.29, 1.82) is 0 Å². The van der Waals surface area contributed by atoms with Crippen LogP contribution in [0.4, 0.5) is 11.4 Å². The number of nitroso groups, excluding NO2 is 2. The van der Waals surface area contributed by atoms with E-state index >= 15 is 0 Å². The van der Waals surface area contributed by atoms with Crippen molar-refractivity contribution in [2.24, 2.45) is 37.9 Å². The Morgan fingerprint density at radius 2 is 1.91 bits per heavy atom. The monoisotopic (exact) mass is 476 g/mol. The van der Waals surface area contributed by atoms with Gasteiger partial charge >= 0.3 is 0 Å². The van der Waals surface area contributed by atoms with Gasteiger partial charge in [-0.3, -0.25) is 0 Å². The van der Waals surface area contributed by atoms with Gasteiger partial charge in [0.05, 0.1) is 18.5 Å². The fourth-order valence-electron chi connectivity index (χ4n) is 6.54. The molecule has 2 aromatic carbocycles. The first kappa shape index (κ1) is 23.1. The maximum atomic E-state index is 11.5. The van der Waals surface area contributed by atoms with E-state index in [-0.39, 0.29) is 23.6 Å². The van der Waals surface area contributed by atoms with Gasteiger partial charge in [-0.1, -0.05) is 29.4 Å². The molecule has 0 radical (unpaired) electrons. The molecule has 0 amide bonds. The van der Waals surface area contributed by atoms with Gasteiger partial charge in [0.15, 0.2) is 5.69 Å². The van der Waals surface area contributed by atoms with Gasteiger partial charge < -0.3 is 14.8 Å². The molecule has 3 aliphatic carbocycles. The van der Waals surface area contributed by atoms with Crippen molar-refractivity contribution < 1.29 is 14.8 Å². The summed E-state index contributed by atoms with van der Waals surface area (Å²) < 4.78 is 5.47. The normalized spacial score (nSPS) is 29.3. The van der Waals surface area contributed by atoms with Crippen LogP contribution < -0.4 is 4.74 Å². The molecule has 1 N–H and O–H groups in total. The van der Waals surface area contributed by atoms with Crippen molar-refractivity contribution in [3.63, 3.8) is 0 Å².